The molecular formula is C13H12ClN3O2. The molecule has 1 unspecified atom stereocenters. The highest BCUT2D eigenvalue weighted by atomic mass is 35.5. The van der Waals surface area contributed by atoms with Gasteiger partial charge in [0.05, 0.1) is 4.92 Å². The van der Waals surface area contributed by atoms with Crippen LogP contribution in [0.25, 0.3) is 0 Å². The second-order valence-corrected chi connectivity index (χ2v) is 4.50. The van der Waals surface area contributed by atoms with Crippen molar-refractivity contribution >= 4 is 23.0 Å². The van der Waals surface area contributed by atoms with Gasteiger partial charge in [0.2, 0.25) is 0 Å². The normalized spacial score (nSPS) is 11.9. The van der Waals surface area contributed by atoms with Crippen LogP contribution in [0.15, 0.2) is 42.7 Å². The summed E-state index contributed by atoms with van der Waals surface area (Å²) in [5.74, 6) is 0. The molecule has 19 heavy (non-hydrogen) atoms. The SMILES string of the molecule is CC(Nc1cc(Cl)ccc1[N+](=O)[O-])c1ccncc1. The number of rotatable bonds is 4. The van der Waals surface area contributed by atoms with Crippen LogP contribution in [0.5, 0.6) is 0 Å². The number of nitro groups is 1. The van der Waals surface area contributed by atoms with Gasteiger partial charge in [-0.05, 0) is 36.8 Å². The Bertz CT molecular complexity index is 590. The molecule has 6 heteroatoms. The Balaban J connectivity index is 2.28. The first-order valence-electron chi connectivity index (χ1n) is 5.68. The second kappa shape index (κ2) is 5.67. The zero-order valence-corrected chi connectivity index (χ0v) is 11.0. The minimum absolute atomic E-state index is 0.00491. The van der Waals surface area contributed by atoms with Gasteiger partial charge >= 0.3 is 0 Å². The topological polar surface area (TPSA) is 68.1 Å². The largest absolute Gasteiger partial charge is 0.373 e. The molecule has 98 valence electrons. The van der Waals surface area contributed by atoms with E-state index in [9.17, 15) is 10.1 Å². The van der Waals surface area contributed by atoms with Crippen LogP contribution in [0.3, 0.4) is 0 Å². The van der Waals surface area contributed by atoms with Gasteiger partial charge in [0.1, 0.15) is 5.69 Å². The zero-order valence-electron chi connectivity index (χ0n) is 10.2. The fourth-order valence-electron chi connectivity index (χ4n) is 1.75. The quantitative estimate of drug-likeness (QED) is 0.681. The van der Waals surface area contributed by atoms with Crippen LogP contribution in [0.1, 0.15) is 18.5 Å². The summed E-state index contributed by atoms with van der Waals surface area (Å²) in [7, 11) is 0. The molecule has 2 rings (SSSR count). The lowest BCUT2D eigenvalue weighted by Crippen LogP contribution is -2.08. The number of hydrogen-bond acceptors (Lipinski definition) is 4. The maximum absolute atomic E-state index is 11.0. The third-order valence-corrected chi connectivity index (χ3v) is 2.97. The summed E-state index contributed by atoms with van der Waals surface area (Å²) in [5, 5.41) is 14.5. The van der Waals surface area contributed by atoms with Gasteiger partial charge in [0, 0.05) is 29.5 Å². The molecule has 0 aliphatic heterocycles. The summed E-state index contributed by atoms with van der Waals surface area (Å²) < 4.78 is 0. The Morgan fingerprint density at radius 3 is 2.63 bits per heavy atom. The molecule has 5 nitrogen and oxygen atoms in total. The van der Waals surface area contributed by atoms with Crippen molar-refractivity contribution in [2.45, 2.75) is 13.0 Å². The molecule has 0 radical (unpaired) electrons. The smallest absolute Gasteiger partial charge is 0.292 e. The Labute approximate surface area is 115 Å². The molecule has 2 aromatic rings. The van der Waals surface area contributed by atoms with Crippen LogP contribution in [0, 0.1) is 10.1 Å². The van der Waals surface area contributed by atoms with Crippen LogP contribution in [0.2, 0.25) is 5.02 Å². The van der Waals surface area contributed by atoms with E-state index in [1.54, 1.807) is 18.5 Å². The van der Waals surface area contributed by atoms with E-state index in [0.29, 0.717) is 10.7 Å². The Morgan fingerprint density at radius 1 is 1.32 bits per heavy atom. The van der Waals surface area contributed by atoms with Crippen molar-refractivity contribution in [2.75, 3.05) is 5.32 Å². The van der Waals surface area contributed by atoms with E-state index in [4.69, 9.17) is 11.6 Å². The average molecular weight is 278 g/mol. The maximum atomic E-state index is 11.0. The van der Waals surface area contributed by atoms with Crippen LogP contribution in [0.4, 0.5) is 11.4 Å². The van der Waals surface area contributed by atoms with Gasteiger partial charge in [-0.25, -0.2) is 0 Å². The second-order valence-electron chi connectivity index (χ2n) is 4.07. The number of pyridine rings is 1. The number of benzene rings is 1. The van der Waals surface area contributed by atoms with Crippen LogP contribution in [-0.4, -0.2) is 9.91 Å². The maximum Gasteiger partial charge on any atom is 0.292 e. The first-order valence-corrected chi connectivity index (χ1v) is 6.06. The van der Waals surface area contributed by atoms with E-state index in [1.807, 2.05) is 19.1 Å². The molecule has 1 heterocycles. The molecule has 0 spiro atoms. The van der Waals surface area contributed by atoms with Crippen molar-refractivity contribution < 1.29 is 4.92 Å². The Morgan fingerprint density at radius 2 is 2.00 bits per heavy atom. The minimum atomic E-state index is -0.433. The molecule has 0 amide bonds. The molecule has 0 aliphatic carbocycles. The molecule has 1 N–H and O–H groups in total. The van der Waals surface area contributed by atoms with Gasteiger partial charge in [-0.1, -0.05) is 11.6 Å². The summed E-state index contributed by atoms with van der Waals surface area (Å²) in [6.45, 7) is 1.92. The van der Waals surface area contributed by atoms with Gasteiger partial charge in [0.15, 0.2) is 0 Å². The number of nitrogens with one attached hydrogen (secondary N) is 1. The van der Waals surface area contributed by atoms with Crippen molar-refractivity contribution in [1.82, 2.24) is 4.98 Å². The standard InChI is InChI=1S/C13H12ClN3O2/c1-9(10-4-6-15-7-5-10)16-12-8-11(14)2-3-13(12)17(18)19/h2-9,16H,1H3. The van der Waals surface area contributed by atoms with E-state index in [2.05, 4.69) is 10.3 Å². The molecular weight excluding hydrogens is 266 g/mol. The summed E-state index contributed by atoms with van der Waals surface area (Å²) in [6.07, 6.45) is 3.36. The number of nitro benzene ring substituents is 1. The number of nitrogens with zero attached hydrogens (tertiary/aromatic N) is 2. The van der Waals surface area contributed by atoms with Crippen molar-refractivity contribution in [3.63, 3.8) is 0 Å². The third-order valence-electron chi connectivity index (χ3n) is 2.73. The molecule has 0 aliphatic rings. The van der Waals surface area contributed by atoms with Gasteiger partial charge < -0.3 is 5.32 Å². The van der Waals surface area contributed by atoms with Crippen molar-refractivity contribution in [3.05, 3.63) is 63.4 Å². The third kappa shape index (κ3) is 3.20. The van der Waals surface area contributed by atoms with Crippen molar-refractivity contribution in [2.24, 2.45) is 0 Å². The van der Waals surface area contributed by atoms with E-state index in [-0.39, 0.29) is 11.7 Å². The Kier molecular flexibility index (Phi) is 3.97. The monoisotopic (exact) mass is 277 g/mol. The van der Waals surface area contributed by atoms with Gasteiger partial charge in [-0.3, -0.25) is 15.1 Å². The van der Waals surface area contributed by atoms with Crippen molar-refractivity contribution in [3.8, 4) is 0 Å². The Hall–Kier alpha value is -2.14. The van der Waals surface area contributed by atoms with Crippen LogP contribution in [-0.2, 0) is 0 Å². The predicted molar refractivity (Wildman–Crippen MR) is 74.4 cm³/mol. The van der Waals surface area contributed by atoms with Crippen LogP contribution < -0.4 is 5.32 Å². The molecule has 1 aromatic carbocycles. The lowest BCUT2D eigenvalue weighted by atomic mass is 10.1. The van der Waals surface area contributed by atoms with E-state index >= 15 is 0 Å². The number of anilines is 1. The zero-order chi connectivity index (χ0) is 13.8. The number of aromatic nitrogens is 1. The highest BCUT2D eigenvalue weighted by molar-refractivity contribution is 6.31. The molecule has 0 saturated carbocycles. The number of hydrogen-bond donors (Lipinski definition) is 1. The summed E-state index contributed by atoms with van der Waals surface area (Å²) in [4.78, 5) is 14.5. The highest BCUT2D eigenvalue weighted by Crippen LogP contribution is 2.30. The summed E-state index contributed by atoms with van der Waals surface area (Å²) in [5.41, 5.74) is 1.40. The van der Waals surface area contributed by atoms with E-state index in [0.717, 1.165) is 5.56 Å². The van der Waals surface area contributed by atoms with Gasteiger partial charge in [0.25, 0.3) is 5.69 Å². The molecule has 1 aromatic heterocycles. The fraction of sp³-hybridized carbons (Fsp3) is 0.154. The van der Waals surface area contributed by atoms with Gasteiger partial charge in [-0.15, -0.1) is 0 Å². The first kappa shape index (κ1) is 13.3. The van der Waals surface area contributed by atoms with E-state index in [1.165, 1.54) is 12.1 Å². The fourth-order valence-corrected chi connectivity index (χ4v) is 1.92. The molecule has 0 fully saturated rings. The predicted octanol–water partition coefficient (Wildman–Crippen LogP) is 3.82. The molecule has 1 atom stereocenters. The molecule has 0 saturated heterocycles. The van der Waals surface area contributed by atoms with Gasteiger partial charge in [-0.2, -0.15) is 0 Å². The minimum Gasteiger partial charge on any atom is -0.373 e. The summed E-state index contributed by atoms with van der Waals surface area (Å²) in [6, 6.07) is 8.07. The van der Waals surface area contributed by atoms with Crippen LogP contribution >= 0.6 is 11.6 Å². The molecule has 0 bridgehead atoms. The lowest BCUT2D eigenvalue weighted by Gasteiger charge is -2.15. The van der Waals surface area contributed by atoms with E-state index < -0.39 is 4.92 Å². The van der Waals surface area contributed by atoms with Crippen molar-refractivity contribution in [1.29, 1.82) is 0 Å². The summed E-state index contributed by atoms with van der Waals surface area (Å²) >= 11 is 5.88. The number of halogens is 1. The lowest BCUT2D eigenvalue weighted by molar-refractivity contribution is -0.384. The average Bonchev–Trinajstić information content (AvgIpc) is 2.39. The first-order chi connectivity index (χ1) is 9.08. The highest BCUT2D eigenvalue weighted by Gasteiger charge is 2.16.